The van der Waals surface area contributed by atoms with Crippen LogP contribution < -0.4 is 11.1 Å². The topological polar surface area (TPSA) is 75.3 Å². The normalized spacial score (nSPS) is 13.8. The van der Waals surface area contributed by atoms with Gasteiger partial charge in [-0.05, 0) is 26.2 Å². The monoisotopic (exact) mass is 244 g/mol. The quantitative estimate of drug-likeness (QED) is 0.604. The summed E-state index contributed by atoms with van der Waals surface area (Å²) in [6.07, 6.45) is 2.49. The van der Waals surface area contributed by atoms with Crippen molar-refractivity contribution >= 4 is 5.91 Å². The summed E-state index contributed by atoms with van der Waals surface area (Å²) in [5.41, 5.74) is 5.49. The number of amides is 1. The predicted octanol–water partition coefficient (Wildman–Crippen LogP) is 1.42. The van der Waals surface area contributed by atoms with E-state index in [9.17, 15) is 9.90 Å². The molecule has 0 heterocycles. The minimum Gasteiger partial charge on any atom is -0.391 e. The minimum atomic E-state index is -0.445. The van der Waals surface area contributed by atoms with Crippen molar-refractivity contribution in [3.05, 3.63) is 0 Å². The molecule has 1 unspecified atom stereocenters. The Morgan fingerprint density at radius 1 is 1.35 bits per heavy atom. The van der Waals surface area contributed by atoms with Crippen LogP contribution in [-0.2, 0) is 4.79 Å². The lowest BCUT2D eigenvalue weighted by Crippen LogP contribution is -2.38. The van der Waals surface area contributed by atoms with E-state index in [0.29, 0.717) is 19.4 Å². The van der Waals surface area contributed by atoms with Crippen molar-refractivity contribution in [2.45, 2.75) is 65.0 Å². The Balaban J connectivity index is 3.84. The van der Waals surface area contributed by atoms with Crippen LogP contribution in [0, 0.1) is 5.92 Å². The molecule has 4 heteroatoms. The summed E-state index contributed by atoms with van der Waals surface area (Å²) in [6, 6.07) is 0. The van der Waals surface area contributed by atoms with E-state index in [-0.39, 0.29) is 17.4 Å². The number of hydrogen-bond donors (Lipinski definition) is 3. The molecule has 0 rings (SSSR count). The zero-order chi connectivity index (χ0) is 13.5. The zero-order valence-electron chi connectivity index (χ0n) is 11.6. The molecule has 1 atom stereocenters. The van der Waals surface area contributed by atoms with Crippen molar-refractivity contribution in [2.75, 3.05) is 6.54 Å². The Bertz CT molecular complexity index is 220. The maximum atomic E-state index is 11.5. The van der Waals surface area contributed by atoms with Crippen LogP contribution in [-0.4, -0.2) is 29.2 Å². The number of rotatable bonds is 8. The highest BCUT2D eigenvalue weighted by Gasteiger charge is 2.17. The van der Waals surface area contributed by atoms with Gasteiger partial charge in [-0.2, -0.15) is 0 Å². The summed E-state index contributed by atoms with van der Waals surface area (Å²) in [4.78, 5) is 11.5. The van der Waals surface area contributed by atoms with E-state index in [0.717, 1.165) is 12.8 Å². The van der Waals surface area contributed by atoms with Gasteiger partial charge in [0.15, 0.2) is 0 Å². The van der Waals surface area contributed by atoms with Gasteiger partial charge < -0.3 is 16.2 Å². The van der Waals surface area contributed by atoms with E-state index < -0.39 is 6.10 Å². The number of hydrogen-bond acceptors (Lipinski definition) is 3. The maximum Gasteiger partial charge on any atom is 0.220 e. The van der Waals surface area contributed by atoms with Crippen molar-refractivity contribution in [3.63, 3.8) is 0 Å². The smallest absolute Gasteiger partial charge is 0.220 e. The molecule has 0 radical (unpaired) electrons. The Hall–Kier alpha value is -0.610. The standard InChI is InChI=1S/C13H28N2O2/c1-5-10(6-2)11(16)9-15-12(17)7-8-13(3,4)14/h10-11,16H,5-9,14H2,1-4H3,(H,15,17). The third-order valence-electron chi connectivity index (χ3n) is 3.10. The van der Waals surface area contributed by atoms with Gasteiger partial charge in [-0.3, -0.25) is 4.79 Å². The molecule has 0 aliphatic heterocycles. The summed E-state index contributed by atoms with van der Waals surface area (Å²) in [7, 11) is 0. The molecule has 0 saturated heterocycles. The van der Waals surface area contributed by atoms with E-state index in [1.165, 1.54) is 0 Å². The van der Waals surface area contributed by atoms with E-state index in [2.05, 4.69) is 19.2 Å². The van der Waals surface area contributed by atoms with Crippen LogP contribution in [0.3, 0.4) is 0 Å². The number of carbonyl (C=O) groups excluding carboxylic acids is 1. The second-order valence-corrected chi connectivity index (χ2v) is 5.44. The molecule has 0 aromatic heterocycles. The van der Waals surface area contributed by atoms with Crippen molar-refractivity contribution in [1.29, 1.82) is 0 Å². The van der Waals surface area contributed by atoms with Crippen LogP contribution in [0.1, 0.15) is 53.4 Å². The van der Waals surface area contributed by atoms with E-state index >= 15 is 0 Å². The first-order chi connectivity index (χ1) is 7.80. The fraction of sp³-hybridized carbons (Fsp3) is 0.923. The highest BCUT2D eigenvalue weighted by Crippen LogP contribution is 2.12. The number of aliphatic hydroxyl groups is 1. The Kier molecular flexibility index (Phi) is 7.39. The van der Waals surface area contributed by atoms with Crippen molar-refractivity contribution in [2.24, 2.45) is 11.7 Å². The largest absolute Gasteiger partial charge is 0.391 e. The van der Waals surface area contributed by atoms with Gasteiger partial charge >= 0.3 is 0 Å². The SMILES string of the molecule is CCC(CC)C(O)CNC(=O)CCC(C)(C)N. The highest BCUT2D eigenvalue weighted by atomic mass is 16.3. The third-order valence-corrected chi connectivity index (χ3v) is 3.10. The van der Waals surface area contributed by atoms with E-state index in [4.69, 9.17) is 5.73 Å². The lowest BCUT2D eigenvalue weighted by atomic mass is 9.96. The number of nitrogens with two attached hydrogens (primary N) is 1. The van der Waals surface area contributed by atoms with Gasteiger partial charge in [0.1, 0.15) is 0 Å². The van der Waals surface area contributed by atoms with Crippen molar-refractivity contribution < 1.29 is 9.90 Å². The van der Waals surface area contributed by atoms with Crippen LogP contribution >= 0.6 is 0 Å². The Morgan fingerprint density at radius 3 is 2.29 bits per heavy atom. The highest BCUT2D eigenvalue weighted by molar-refractivity contribution is 5.75. The molecule has 0 fully saturated rings. The average Bonchev–Trinajstić information content (AvgIpc) is 2.24. The molecule has 0 spiro atoms. The number of carbonyl (C=O) groups is 1. The fourth-order valence-electron chi connectivity index (χ4n) is 1.74. The van der Waals surface area contributed by atoms with Crippen molar-refractivity contribution in [1.82, 2.24) is 5.32 Å². The predicted molar refractivity (Wildman–Crippen MR) is 70.6 cm³/mol. The maximum absolute atomic E-state index is 11.5. The second kappa shape index (κ2) is 7.67. The summed E-state index contributed by atoms with van der Waals surface area (Å²) >= 11 is 0. The number of aliphatic hydroxyl groups excluding tert-OH is 1. The molecule has 4 N–H and O–H groups in total. The summed E-state index contributed by atoms with van der Waals surface area (Å²) in [5, 5.41) is 12.6. The number of nitrogens with one attached hydrogen (secondary N) is 1. The van der Waals surface area contributed by atoms with Gasteiger partial charge in [0.05, 0.1) is 6.10 Å². The summed E-state index contributed by atoms with van der Waals surface area (Å²) in [6.45, 7) is 8.25. The van der Waals surface area contributed by atoms with Crippen LogP contribution in [0.2, 0.25) is 0 Å². The average molecular weight is 244 g/mol. The molecule has 0 saturated carbocycles. The lowest BCUT2D eigenvalue weighted by Gasteiger charge is -2.21. The molecular formula is C13H28N2O2. The third kappa shape index (κ3) is 8.16. The molecule has 1 amide bonds. The first-order valence-electron chi connectivity index (χ1n) is 6.53. The molecule has 0 aliphatic carbocycles. The molecule has 0 bridgehead atoms. The van der Waals surface area contributed by atoms with Gasteiger partial charge in [0, 0.05) is 18.5 Å². The van der Waals surface area contributed by atoms with Gasteiger partial charge in [-0.15, -0.1) is 0 Å². The second-order valence-electron chi connectivity index (χ2n) is 5.44. The Morgan fingerprint density at radius 2 is 1.88 bits per heavy atom. The molecule has 0 aliphatic rings. The van der Waals surface area contributed by atoms with Gasteiger partial charge in [-0.1, -0.05) is 26.7 Å². The molecule has 4 nitrogen and oxygen atoms in total. The lowest BCUT2D eigenvalue weighted by molar-refractivity contribution is -0.122. The molecule has 0 aromatic rings. The van der Waals surface area contributed by atoms with Crippen molar-refractivity contribution in [3.8, 4) is 0 Å². The van der Waals surface area contributed by atoms with Gasteiger partial charge in [0.25, 0.3) is 0 Å². The molecule has 102 valence electrons. The summed E-state index contributed by atoms with van der Waals surface area (Å²) < 4.78 is 0. The van der Waals surface area contributed by atoms with Gasteiger partial charge in [-0.25, -0.2) is 0 Å². The van der Waals surface area contributed by atoms with E-state index in [1.54, 1.807) is 0 Å². The molecule has 17 heavy (non-hydrogen) atoms. The van der Waals surface area contributed by atoms with Crippen LogP contribution in [0.4, 0.5) is 0 Å². The van der Waals surface area contributed by atoms with Crippen LogP contribution in [0.5, 0.6) is 0 Å². The molecular weight excluding hydrogens is 216 g/mol. The minimum absolute atomic E-state index is 0.0338. The van der Waals surface area contributed by atoms with Crippen LogP contribution in [0.15, 0.2) is 0 Å². The zero-order valence-corrected chi connectivity index (χ0v) is 11.6. The first-order valence-corrected chi connectivity index (χ1v) is 6.53. The van der Waals surface area contributed by atoms with E-state index in [1.807, 2.05) is 13.8 Å². The summed E-state index contributed by atoms with van der Waals surface area (Å²) in [5.74, 6) is 0.231. The fourth-order valence-corrected chi connectivity index (χ4v) is 1.74. The molecule has 0 aromatic carbocycles. The first kappa shape index (κ1) is 16.4. The van der Waals surface area contributed by atoms with Gasteiger partial charge in [0.2, 0.25) is 5.91 Å². The van der Waals surface area contributed by atoms with Crippen LogP contribution in [0.25, 0.3) is 0 Å². The Labute approximate surface area is 105 Å².